The van der Waals surface area contributed by atoms with Crippen molar-refractivity contribution in [1.82, 2.24) is 4.98 Å². The average molecular weight is 275 g/mol. The van der Waals surface area contributed by atoms with Crippen LogP contribution in [-0.4, -0.2) is 16.1 Å². The SMILES string of the molecule is N=C(N)c1cc2c(nc1SC1CCCCC1)CCC2. The second-order valence-electron chi connectivity index (χ2n) is 5.59. The van der Waals surface area contributed by atoms with Crippen LogP contribution in [0.2, 0.25) is 0 Å². The number of nitrogens with zero attached hydrogens (tertiary/aromatic N) is 1. The van der Waals surface area contributed by atoms with E-state index >= 15 is 0 Å². The number of thioether (sulfide) groups is 1. The Hall–Kier alpha value is -1.03. The number of amidine groups is 1. The van der Waals surface area contributed by atoms with Gasteiger partial charge in [0.05, 0.1) is 0 Å². The number of nitrogens with one attached hydrogen (secondary N) is 1. The molecule has 2 aliphatic carbocycles. The van der Waals surface area contributed by atoms with Crippen molar-refractivity contribution in [3.8, 4) is 0 Å². The first kappa shape index (κ1) is 13.0. The molecule has 3 nitrogen and oxygen atoms in total. The number of aryl methyl sites for hydroxylation is 2. The molecule has 3 rings (SSSR count). The molecule has 3 N–H and O–H groups in total. The van der Waals surface area contributed by atoms with Crippen LogP contribution in [0.25, 0.3) is 0 Å². The fourth-order valence-electron chi connectivity index (χ4n) is 3.08. The minimum Gasteiger partial charge on any atom is -0.384 e. The van der Waals surface area contributed by atoms with Crippen molar-refractivity contribution in [3.63, 3.8) is 0 Å². The smallest absolute Gasteiger partial charge is 0.125 e. The highest BCUT2D eigenvalue weighted by atomic mass is 32.2. The van der Waals surface area contributed by atoms with Crippen LogP contribution in [0.5, 0.6) is 0 Å². The van der Waals surface area contributed by atoms with Gasteiger partial charge in [-0.15, -0.1) is 11.8 Å². The Kier molecular flexibility index (Phi) is 3.78. The molecular formula is C15H21N3S. The minimum absolute atomic E-state index is 0.167. The molecule has 1 saturated carbocycles. The molecule has 1 fully saturated rings. The average Bonchev–Trinajstić information content (AvgIpc) is 2.86. The lowest BCUT2D eigenvalue weighted by atomic mass is 10.0. The first-order valence-electron chi connectivity index (χ1n) is 7.28. The van der Waals surface area contributed by atoms with E-state index in [2.05, 4.69) is 6.07 Å². The van der Waals surface area contributed by atoms with Gasteiger partial charge in [-0.05, 0) is 43.7 Å². The van der Waals surface area contributed by atoms with Gasteiger partial charge < -0.3 is 5.73 Å². The highest BCUT2D eigenvalue weighted by Gasteiger charge is 2.21. The number of hydrogen-bond donors (Lipinski definition) is 2. The molecule has 0 saturated heterocycles. The summed E-state index contributed by atoms with van der Waals surface area (Å²) in [6, 6.07) is 2.11. The molecule has 4 heteroatoms. The largest absolute Gasteiger partial charge is 0.384 e. The van der Waals surface area contributed by atoms with Crippen LogP contribution >= 0.6 is 11.8 Å². The van der Waals surface area contributed by atoms with E-state index in [4.69, 9.17) is 16.1 Å². The summed E-state index contributed by atoms with van der Waals surface area (Å²) < 4.78 is 0. The summed E-state index contributed by atoms with van der Waals surface area (Å²) in [4.78, 5) is 4.81. The van der Waals surface area contributed by atoms with Crippen LogP contribution in [0.4, 0.5) is 0 Å². The maximum atomic E-state index is 7.78. The van der Waals surface area contributed by atoms with E-state index < -0.39 is 0 Å². The first-order chi connectivity index (χ1) is 9.24. The van der Waals surface area contributed by atoms with Gasteiger partial charge in [0.25, 0.3) is 0 Å². The van der Waals surface area contributed by atoms with Crippen LogP contribution in [0.3, 0.4) is 0 Å². The van der Waals surface area contributed by atoms with E-state index in [1.165, 1.54) is 49.8 Å². The highest BCUT2D eigenvalue weighted by Crippen LogP contribution is 2.36. The van der Waals surface area contributed by atoms with E-state index in [0.29, 0.717) is 5.25 Å². The van der Waals surface area contributed by atoms with Crippen molar-refractivity contribution < 1.29 is 0 Å². The van der Waals surface area contributed by atoms with E-state index in [9.17, 15) is 0 Å². The second-order valence-corrected chi connectivity index (χ2v) is 6.88. The normalized spacial score (nSPS) is 19.4. The molecule has 1 aromatic heterocycles. The third-order valence-electron chi connectivity index (χ3n) is 4.14. The summed E-state index contributed by atoms with van der Waals surface area (Å²) in [5, 5.41) is 9.45. The molecule has 102 valence electrons. The van der Waals surface area contributed by atoms with Gasteiger partial charge in [0.15, 0.2) is 0 Å². The third kappa shape index (κ3) is 2.78. The highest BCUT2D eigenvalue weighted by molar-refractivity contribution is 7.99. The topological polar surface area (TPSA) is 62.8 Å². The lowest BCUT2D eigenvalue weighted by Gasteiger charge is -2.21. The number of nitrogen functional groups attached to an aromatic ring is 1. The molecule has 0 radical (unpaired) electrons. The van der Waals surface area contributed by atoms with Crippen molar-refractivity contribution in [2.45, 2.75) is 61.6 Å². The Morgan fingerprint density at radius 2 is 2.00 bits per heavy atom. The van der Waals surface area contributed by atoms with Gasteiger partial charge in [0.1, 0.15) is 10.9 Å². The van der Waals surface area contributed by atoms with Crippen molar-refractivity contribution in [2.24, 2.45) is 5.73 Å². The Bertz CT molecular complexity index is 492. The van der Waals surface area contributed by atoms with E-state index in [1.807, 2.05) is 11.8 Å². The fourth-order valence-corrected chi connectivity index (χ4v) is 4.42. The second kappa shape index (κ2) is 5.53. The number of fused-ring (bicyclic) bond motifs is 1. The fraction of sp³-hybridized carbons (Fsp3) is 0.600. The van der Waals surface area contributed by atoms with Gasteiger partial charge in [0, 0.05) is 16.5 Å². The Morgan fingerprint density at radius 3 is 2.74 bits per heavy atom. The molecule has 0 aromatic carbocycles. The number of pyridine rings is 1. The molecule has 1 heterocycles. The van der Waals surface area contributed by atoms with E-state index in [0.717, 1.165) is 23.4 Å². The Morgan fingerprint density at radius 1 is 1.21 bits per heavy atom. The van der Waals surface area contributed by atoms with Crippen molar-refractivity contribution in [2.75, 3.05) is 0 Å². The lowest BCUT2D eigenvalue weighted by molar-refractivity contribution is 0.515. The van der Waals surface area contributed by atoms with Crippen LogP contribution < -0.4 is 5.73 Å². The maximum absolute atomic E-state index is 7.78. The van der Waals surface area contributed by atoms with E-state index in [-0.39, 0.29) is 5.84 Å². The minimum atomic E-state index is 0.167. The summed E-state index contributed by atoms with van der Waals surface area (Å²) in [6.45, 7) is 0. The Labute approximate surface area is 118 Å². The van der Waals surface area contributed by atoms with Gasteiger partial charge in [-0.2, -0.15) is 0 Å². The van der Waals surface area contributed by atoms with Crippen molar-refractivity contribution in [1.29, 1.82) is 5.41 Å². The zero-order valence-corrected chi connectivity index (χ0v) is 12.1. The summed E-state index contributed by atoms with van der Waals surface area (Å²) in [7, 11) is 0. The predicted octanol–water partition coefficient (Wildman–Crippen LogP) is 3.28. The van der Waals surface area contributed by atoms with Crippen LogP contribution in [-0.2, 0) is 12.8 Å². The molecule has 0 atom stereocenters. The molecule has 0 spiro atoms. The van der Waals surface area contributed by atoms with Gasteiger partial charge >= 0.3 is 0 Å². The number of aromatic nitrogens is 1. The molecule has 0 bridgehead atoms. The molecule has 19 heavy (non-hydrogen) atoms. The Balaban J connectivity index is 1.87. The van der Waals surface area contributed by atoms with Crippen LogP contribution in [0.1, 0.15) is 55.3 Å². The molecule has 0 aliphatic heterocycles. The lowest BCUT2D eigenvalue weighted by Crippen LogP contribution is -2.16. The number of rotatable bonds is 3. The molecule has 0 unspecified atom stereocenters. The summed E-state index contributed by atoms with van der Waals surface area (Å²) in [6.07, 6.45) is 9.96. The third-order valence-corrected chi connectivity index (χ3v) is 5.48. The number of nitrogens with two attached hydrogens (primary N) is 1. The standard InChI is InChI=1S/C15H21N3S/c16-14(17)12-9-10-5-4-8-13(10)18-15(12)19-11-6-2-1-3-7-11/h9,11H,1-8H2,(H3,16,17). The monoisotopic (exact) mass is 275 g/mol. The molecule has 2 aliphatic rings. The van der Waals surface area contributed by atoms with Crippen molar-refractivity contribution in [3.05, 3.63) is 22.9 Å². The van der Waals surface area contributed by atoms with Gasteiger partial charge in [-0.1, -0.05) is 19.3 Å². The van der Waals surface area contributed by atoms with Crippen LogP contribution in [0.15, 0.2) is 11.1 Å². The molecular weight excluding hydrogens is 254 g/mol. The quantitative estimate of drug-likeness (QED) is 0.657. The zero-order chi connectivity index (χ0) is 13.2. The van der Waals surface area contributed by atoms with Gasteiger partial charge in [-0.3, -0.25) is 5.41 Å². The maximum Gasteiger partial charge on any atom is 0.125 e. The predicted molar refractivity (Wildman–Crippen MR) is 80.0 cm³/mol. The number of hydrogen-bond acceptors (Lipinski definition) is 3. The van der Waals surface area contributed by atoms with Gasteiger partial charge in [0.2, 0.25) is 0 Å². The zero-order valence-electron chi connectivity index (χ0n) is 11.2. The summed E-state index contributed by atoms with van der Waals surface area (Å²) in [5.41, 5.74) is 9.14. The van der Waals surface area contributed by atoms with Crippen LogP contribution in [0, 0.1) is 5.41 Å². The van der Waals surface area contributed by atoms with E-state index in [1.54, 1.807) is 0 Å². The molecule has 1 aromatic rings. The first-order valence-corrected chi connectivity index (χ1v) is 8.16. The molecule has 0 amide bonds. The summed E-state index contributed by atoms with van der Waals surface area (Å²) in [5.74, 6) is 0.167. The van der Waals surface area contributed by atoms with Gasteiger partial charge in [-0.25, -0.2) is 4.98 Å². The van der Waals surface area contributed by atoms with Crippen molar-refractivity contribution >= 4 is 17.6 Å². The summed E-state index contributed by atoms with van der Waals surface area (Å²) >= 11 is 1.85.